The minimum absolute atomic E-state index is 0.00782. The number of carbonyl (C=O) groups is 1. The van der Waals surface area contributed by atoms with Gasteiger partial charge in [-0.2, -0.15) is 0 Å². The van der Waals surface area contributed by atoms with Gasteiger partial charge in [0.2, 0.25) is 0 Å². The summed E-state index contributed by atoms with van der Waals surface area (Å²) in [6.07, 6.45) is 0.302. The van der Waals surface area contributed by atoms with Crippen molar-refractivity contribution in [3.8, 4) is 5.75 Å². The van der Waals surface area contributed by atoms with Crippen molar-refractivity contribution in [2.24, 2.45) is 0 Å². The highest BCUT2D eigenvalue weighted by atomic mass is 19.1. The average Bonchev–Trinajstić information content (AvgIpc) is 2.09. The summed E-state index contributed by atoms with van der Waals surface area (Å²) in [5.74, 6) is -0.284. The second-order valence-corrected chi connectivity index (χ2v) is 2.89. The summed E-state index contributed by atoms with van der Waals surface area (Å²) in [6.45, 7) is 0.344. The molecule has 2 N–H and O–H groups in total. The zero-order chi connectivity index (χ0) is 9.42. The van der Waals surface area contributed by atoms with Crippen molar-refractivity contribution < 1.29 is 13.9 Å². The van der Waals surface area contributed by atoms with Crippen LogP contribution in [0, 0.1) is 5.82 Å². The summed E-state index contributed by atoms with van der Waals surface area (Å²) in [6, 6.07) is 2.48. The first-order valence-corrected chi connectivity index (χ1v) is 3.93. The molecule has 1 aliphatic heterocycles. The number of carbonyl (C=O) groups excluding carboxylic acids is 1. The van der Waals surface area contributed by atoms with Crippen molar-refractivity contribution in [1.82, 2.24) is 0 Å². The number of hydrogen-bond acceptors (Lipinski definition) is 3. The molecule has 1 aromatic carbocycles. The fourth-order valence-corrected chi connectivity index (χ4v) is 1.29. The number of anilines is 1. The number of nitrogens with two attached hydrogens (primary N) is 1. The monoisotopic (exact) mass is 181 g/mol. The molecule has 2 rings (SSSR count). The second kappa shape index (κ2) is 2.73. The SMILES string of the molecule is Nc1cc2c(cc1F)C(=O)CCO2. The number of fused-ring (bicyclic) bond motifs is 1. The Hall–Kier alpha value is -1.58. The summed E-state index contributed by atoms with van der Waals surface area (Å²) in [4.78, 5) is 11.3. The van der Waals surface area contributed by atoms with Crippen LogP contribution in [0.2, 0.25) is 0 Å². The number of rotatable bonds is 0. The molecular weight excluding hydrogens is 173 g/mol. The highest BCUT2D eigenvalue weighted by Gasteiger charge is 2.20. The van der Waals surface area contributed by atoms with Crippen LogP contribution in [0.4, 0.5) is 10.1 Å². The van der Waals surface area contributed by atoms with E-state index in [0.29, 0.717) is 18.8 Å². The third kappa shape index (κ3) is 1.24. The van der Waals surface area contributed by atoms with Crippen LogP contribution in [0.25, 0.3) is 0 Å². The predicted molar refractivity (Wildman–Crippen MR) is 45.3 cm³/mol. The van der Waals surface area contributed by atoms with Crippen molar-refractivity contribution in [3.05, 3.63) is 23.5 Å². The van der Waals surface area contributed by atoms with Crippen LogP contribution in [0.5, 0.6) is 5.75 Å². The Morgan fingerprint density at radius 3 is 3.00 bits per heavy atom. The van der Waals surface area contributed by atoms with Crippen LogP contribution in [0.3, 0.4) is 0 Å². The van der Waals surface area contributed by atoms with Crippen LogP contribution < -0.4 is 10.5 Å². The van der Waals surface area contributed by atoms with Gasteiger partial charge < -0.3 is 10.5 Å². The quantitative estimate of drug-likeness (QED) is 0.615. The maximum atomic E-state index is 12.9. The van der Waals surface area contributed by atoms with Crippen molar-refractivity contribution in [2.75, 3.05) is 12.3 Å². The highest BCUT2D eigenvalue weighted by Crippen LogP contribution is 2.28. The van der Waals surface area contributed by atoms with Gasteiger partial charge in [0.05, 0.1) is 17.9 Å². The van der Waals surface area contributed by atoms with Crippen molar-refractivity contribution in [2.45, 2.75) is 6.42 Å². The van der Waals surface area contributed by atoms with E-state index in [9.17, 15) is 9.18 Å². The fourth-order valence-electron chi connectivity index (χ4n) is 1.29. The Morgan fingerprint density at radius 1 is 1.46 bits per heavy atom. The molecule has 13 heavy (non-hydrogen) atoms. The van der Waals surface area contributed by atoms with E-state index >= 15 is 0 Å². The van der Waals surface area contributed by atoms with Gasteiger partial charge in [0.1, 0.15) is 11.6 Å². The molecule has 3 nitrogen and oxygen atoms in total. The second-order valence-electron chi connectivity index (χ2n) is 2.89. The number of nitrogen functional groups attached to an aromatic ring is 1. The zero-order valence-electron chi connectivity index (χ0n) is 6.84. The smallest absolute Gasteiger partial charge is 0.170 e. The van der Waals surface area contributed by atoms with E-state index in [-0.39, 0.29) is 17.0 Å². The first-order valence-electron chi connectivity index (χ1n) is 3.93. The fraction of sp³-hybridized carbons (Fsp3) is 0.222. The number of ether oxygens (including phenoxy) is 1. The molecular formula is C9H8FNO2. The molecule has 4 heteroatoms. The van der Waals surface area contributed by atoms with E-state index in [1.807, 2.05) is 0 Å². The molecule has 1 heterocycles. The minimum Gasteiger partial charge on any atom is -0.492 e. The van der Waals surface area contributed by atoms with E-state index in [1.54, 1.807) is 0 Å². The van der Waals surface area contributed by atoms with Crippen LogP contribution in [0.15, 0.2) is 12.1 Å². The molecule has 0 atom stereocenters. The van der Waals surface area contributed by atoms with Crippen molar-refractivity contribution in [1.29, 1.82) is 0 Å². The molecule has 0 radical (unpaired) electrons. The van der Waals surface area contributed by atoms with E-state index in [4.69, 9.17) is 10.5 Å². The minimum atomic E-state index is -0.572. The topological polar surface area (TPSA) is 52.3 Å². The molecule has 0 amide bonds. The van der Waals surface area contributed by atoms with Crippen LogP contribution in [-0.2, 0) is 0 Å². The lowest BCUT2D eigenvalue weighted by Gasteiger charge is -2.16. The summed E-state index contributed by atoms with van der Waals surface area (Å²) in [5, 5.41) is 0. The Labute approximate surface area is 74.3 Å². The first kappa shape index (κ1) is 8.04. The molecule has 0 aromatic heterocycles. The van der Waals surface area contributed by atoms with Crippen LogP contribution in [0.1, 0.15) is 16.8 Å². The van der Waals surface area contributed by atoms with Gasteiger partial charge in [0, 0.05) is 12.5 Å². The lowest BCUT2D eigenvalue weighted by Crippen LogP contribution is -2.16. The zero-order valence-corrected chi connectivity index (χ0v) is 6.84. The molecule has 0 saturated heterocycles. The van der Waals surface area contributed by atoms with Gasteiger partial charge in [0.15, 0.2) is 5.78 Å². The van der Waals surface area contributed by atoms with E-state index in [2.05, 4.69) is 0 Å². The summed E-state index contributed by atoms with van der Waals surface area (Å²) in [5.41, 5.74) is 5.62. The van der Waals surface area contributed by atoms with Crippen LogP contribution >= 0.6 is 0 Å². The van der Waals surface area contributed by atoms with E-state index < -0.39 is 5.82 Å². The first-order chi connectivity index (χ1) is 6.18. The Morgan fingerprint density at radius 2 is 2.23 bits per heavy atom. The molecule has 0 fully saturated rings. The van der Waals surface area contributed by atoms with Crippen LogP contribution in [-0.4, -0.2) is 12.4 Å². The van der Waals surface area contributed by atoms with Gasteiger partial charge in [0.25, 0.3) is 0 Å². The van der Waals surface area contributed by atoms with E-state index in [0.717, 1.165) is 6.07 Å². The molecule has 68 valence electrons. The van der Waals surface area contributed by atoms with Gasteiger partial charge in [-0.1, -0.05) is 0 Å². The lowest BCUT2D eigenvalue weighted by atomic mass is 10.0. The third-order valence-corrected chi connectivity index (χ3v) is 1.99. The number of hydrogen-bond donors (Lipinski definition) is 1. The van der Waals surface area contributed by atoms with Gasteiger partial charge in [-0.25, -0.2) is 4.39 Å². The van der Waals surface area contributed by atoms with Gasteiger partial charge in [-0.3, -0.25) is 4.79 Å². The molecule has 1 aliphatic rings. The molecule has 0 saturated carbocycles. The molecule has 0 bridgehead atoms. The van der Waals surface area contributed by atoms with Gasteiger partial charge in [-0.15, -0.1) is 0 Å². The maximum Gasteiger partial charge on any atom is 0.170 e. The van der Waals surface area contributed by atoms with Gasteiger partial charge >= 0.3 is 0 Å². The molecule has 0 unspecified atom stereocenters. The van der Waals surface area contributed by atoms with E-state index in [1.165, 1.54) is 6.07 Å². The lowest BCUT2D eigenvalue weighted by molar-refractivity contribution is 0.0933. The van der Waals surface area contributed by atoms with Crippen molar-refractivity contribution in [3.63, 3.8) is 0 Å². The molecule has 0 spiro atoms. The largest absolute Gasteiger partial charge is 0.492 e. The normalized spacial score (nSPS) is 15.0. The third-order valence-electron chi connectivity index (χ3n) is 1.99. The Balaban J connectivity index is 2.58. The average molecular weight is 181 g/mol. The Bertz CT molecular complexity index is 376. The number of halogens is 1. The molecule has 0 aliphatic carbocycles. The summed E-state index contributed by atoms with van der Waals surface area (Å²) >= 11 is 0. The summed E-state index contributed by atoms with van der Waals surface area (Å²) < 4.78 is 18.1. The standard InChI is InChI=1S/C9H8FNO2/c10-6-3-5-8(12)1-2-13-9(5)4-7(6)11/h3-4H,1-2,11H2. The predicted octanol–water partition coefficient (Wildman–Crippen LogP) is 1.37. The van der Waals surface area contributed by atoms with Gasteiger partial charge in [-0.05, 0) is 6.07 Å². The maximum absolute atomic E-state index is 12.9. The Kier molecular flexibility index (Phi) is 1.69. The highest BCUT2D eigenvalue weighted by molar-refractivity contribution is 6.00. The number of Topliss-reactive ketones (excluding diaryl/α,β-unsaturated/α-hetero) is 1. The number of ketones is 1. The summed E-state index contributed by atoms with van der Waals surface area (Å²) in [7, 11) is 0. The number of benzene rings is 1. The molecule has 1 aromatic rings. The van der Waals surface area contributed by atoms with Crippen molar-refractivity contribution >= 4 is 11.5 Å².